The van der Waals surface area contributed by atoms with Crippen LogP contribution in [0.3, 0.4) is 0 Å². The van der Waals surface area contributed by atoms with Crippen molar-refractivity contribution in [3.63, 3.8) is 0 Å². The van der Waals surface area contributed by atoms with E-state index in [2.05, 4.69) is 44.4 Å². The summed E-state index contributed by atoms with van der Waals surface area (Å²) >= 11 is 1.79. The molecule has 0 spiro atoms. The van der Waals surface area contributed by atoms with Crippen molar-refractivity contribution in [1.82, 2.24) is 0 Å². The van der Waals surface area contributed by atoms with Gasteiger partial charge < -0.3 is 5.73 Å². The third kappa shape index (κ3) is 1.91. The second-order valence-corrected chi connectivity index (χ2v) is 5.30. The zero-order valence-electron chi connectivity index (χ0n) is 10.0. The third-order valence-electron chi connectivity index (χ3n) is 2.93. The molecule has 0 aliphatic carbocycles. The standard InChI is InChI=1S/C14H17NS/c1-9-4-5-10(2)13(6-9)14-11(3)16-8-12(14)7-15/h4-6,8H,7,15H2,1-3H3. The first-order valence-corrected chi connectivity index (χ1v) is 6.36. The van der Waals surface area contributed by atoms with Gasteiger partial charge >= 0.3 is 0 Å². The Morgan fingerprint density at radius 2 is 1.94 bits per heavy atom. The maximum Gasteiger partial charge on any atom is 0.0192 e. The van der Waals surface area contributed by atoms with Gasteiger partial charge in [-0.05, 0) is 42.8 Å². The van der Waals surface area contributed by atoms with Gasteiger partial charge in [0.15, 0.2) is 0 Å². The lowest BCUT2D eigenvalue weighted by molar-refractivity contribution is 1.08. The molecule has 0 fully saturated rings. The molecule has 16 heavy (non-hydrogen) atoms. The summed E-state index contributed by atoms with van der Waals surface area (Å²) in [6.07, 6.45) is 0. The Hall–Kier alpha value is -1.12. The summed E-state index contributed by atoms with van der Waals surface area (Å²) < 4.78 is 0. The van der Waals surface area contributed by atoms with Gasteiger partial charge in [0.05, 0.1) is 0 Å². The van der Waals surface area contributed by atoms with Gasteiger partial charge in [-0.1, -0.05) is 23.8 Å². The molecule has 1 heterocycles. The lowest BCUT2D eigenvalue weighted by Gasteiger charge is -2.09. The predicted octanol–water partition coefficient (Wildman–Crippen LogP) is 3.80. The van der Waals surface area contributed by atoms with E-state index in [9.17, 15) is 0 Å². The quantitative estimate of drug-likeness (QED) is 0.836. The van der Waals surface area contributed by atoms with Crippen LogP contribution < -0.4 is 5.73 Å². The molecule has 2 heteroatoms. The van der Waals surface area contributed by atoms with Crippen LogP contribution in [0.5, 0.6) is 0 Å². The van der Waals surface area contributed by atoms with E-state index >= 15 is 0 Å². The van der Waals surface area contributed by atoms with Gasteiger partial charge in [0, 0.05) is 17.0 Å². The van der Waals surface area contributed by atoms with Crippen molar-refractivity contribution in [1.29, 1.82) is 0 Å². The molecule has 0 atom stereocenters. The molecule has 0 radical (unpaired) electrons. The Morgan fingerprint density at radius 1 is 1.19 bits per heavy atom. The van der Waals surface area contributed by atoms with E-state index in [0.717, 1.165) is 0 Å². The third-order valence-corrected chi connectivity index (χ3v) is 3.89. The zero-order chi connectivity index (χ0) is 11.7. The summed E-state index contributed by atoms with van der Waals surface area (Å²) in [5.41, 5.74) is 12.4. The summed E-state index contributed by atoms with van der Waals surface area (Å²) in [4.78, 5) is 1.36. The highest BCUT2D eigenvalue weighted by atomic mass is 32.1. The Bertz CT molecular complexity index is 511. The Morgan fingerprint density at radius 3 is 2.62 bits per heavy atom. The molecule has 2 N–H and O–H groups in total. The van der Waals surface area contributed by atoms with Crippen LogP contribution in [0.15, 0.2) is 23.6 Å². The summed E-state index contributed by atoms with van der Waals surface area (Å²) in [6.45, 7) is 7.08. The number of benzene rings is 1. The Balaban J connectivity index is 2.66. The second-order valence-electron chi connectivity index (χ2n) is 4.21. The minimum absolute atomic E-state index is 0.618. The number of nitrogens with two attached hydrogens (primary N) is 1. The van der Waals surface area contributed by atoms with Crippen LogP contribution in [-0.4, -0.2) is 0 Å². The highest BCUT2D eigenvalue weighted by Crippen LogP contribution is 2.34. The van der Waals surface area contributed by atoms with Gasteiger partial charge in [-0.3, -0.25) is 0 Å². The largest absolute Gasteiger partial charge is 0.326 e. The van der Waals surface area contributed by atoms with E-state index in [0.29, 0.717) is 6.54 Å². The number of hydrogen-bond donors (Lipinski definition) is 1. The van der Waals surface area contributed by atoms with Crippen molar-refractivity contribution in [2.75, 3.05) is 0 Å². The first-order chi connectivity index (χ1) is 7.63. The van der Waals surface area contributed by atoms with E-state index in [-0.39, 0.29) is 0 Å². The monoisotopic (exact) mass is 231 g/mol. The van der Waals surface area contributed by atoms with Crippen molar-refractivity contribution < 1.29 is 0 Å². The lowest BCUT2D eigenvalue weighted by Crippen LogP contribution is -1.97. The summed E-state index contributed by atoms with van der Waals surface area (Å²) in [7, 11) is 0. The van der Waals surface area contributed by atoms with Gasteiger partial charge in [0.2, 0.25) is 0 Å². The van der Waals surface area contributed by atoms with E-state index in [1.807, 2.05) is 0 Å². The molecule has 1 aromatic carbocycles. The van der Waals surface area contributed by atoms with E-state index in [1.54, 1.807) is 11.3 Å². The molecule has 0 saturated heterocycles. The van der Waals surface area contributed by atoms with Crippen molar-refractivity contribution >= 4 is 11.3 Å². The van der Waals surface area contributed by atoms with Crippen LogP contribution in [-0.2, 0) is 6.54 Å². The molecule has 2 aromatic rings. The molecule has 0 aliphatic heterocycles. The average molecular weight is 231 g/mol. The van der Waals surface area contributed by atoms with Crippen molar-refractivity contribution in [2.24, 2.45) is 5.73 Å². The molecule has 0 aliphatic rings. The zero-order valence-corrected chi connectivity index (χ0v) is 10.8. The number of aryl methyl sites for hydroxylation is 3. The van der Waals surface area contributed by atoms with Crippen LogP contribution in [0.2, 0.25) is 0 Å². The minimum atomic E-state index is 0.618. The molecule has 1 aromatic heterocycles. The fraction of sp³-hybridized carbons (Fsp3) is 0.286. The van der Waals surface area contributed by atoms with E-state index in [4.69, 9.17) is 5.73 Å². The van der Waals surface area contributed by atoms with Crippen LogP contribution in [0.4, 0.5) is 0 Å². The fourth-order valence-corrected chi connectivity index (χ4v) is 2.91. The number of hydrogen-bond acceptors (Lipinski definition) is 2. The fourth-order valence-electron chi connectivity index (χ4n) is 2.02. The number of thiophene rings is 1. The van der Waals surface area contributed by atoms with Gasteiger partial charge in [-0.25, -0.2) is 0 Å². The van der Waals surface area contributed by atoms with Gasteiger partial charge in [-0.15, -0.1) is 11.3 Å². The van der Waals surface area contributed by atoms with Crippen molar-refractivity contribution in [3.8, 4) is 11.1 Å². The molecule has 0 saturated carbocycles. The highest BCUT2D eigenvalue weighted by molar-refractivity contribution is 7.10. The van der Waals surface area contributed by atoms with Crippen LogP contribution in [0.1, 0.15) is 21.6 Å². The molecular weight excluding hydrogens is 214 g/mol. The van der Waals surface area contributed by atoms with Gasteiger partial charge in [-0.2, -0.15) is 0 Å². The number of rotatable bonds is 2. The molecular formula is C14H17NS. The predicted molar refractivity (Wildman–Crippen MR) is 71.9 cm³/mol. The van der Waals surface area contributed by atoms with Crippen LogP contribution in [0, 0.1) is 20.8 Å². The molecule has 0 amide bonds. The van der Waals surface area contributed by atoms with E-state index in [1.165, 1.54) is 32.7 Å². The summed E-state index contributed by atoms with van der Waals surface area (Å²) in [5, 5.41) is 2.17. The van der Waals surface area contributed by atoms with Gasteiger partial charge in [0.25, 0.3) is 0 Å². The molecule has 2 rings (SSSR count). The lowest BCUT2D eigenvalue weighted by atomic mass is 9.96. The summed E-state index contributed by atoms with van der Waals surface area (Å²) in [6, 6.07) is 6.59. The minimum Gasteiger partial charge on any atom is -0.326 e. The summed E-state index contributed by atoms with van der Waals surface area (Å²) in [5.74, 6) is 0. The normalized spacial score (nSPS) is 10.8. The second kappa shape index (κ2) is 4.40. The Labute approximate surface area is 101 Å². The Kier molecular flexibility index (Phi) is 3.13. The molecule has 0 unspecified atom stereocenters. The maximum absolute atomic E-state index is 5.80. The molecule has 1 nitrogen and oxygen atoms in total. The first-order valence-electron chi connectivity index (χ1n) is 5.48. The molecule has 84 valence electrons. The van der Waals surface area contributed by atoms with E-state index < -0.39 is 0 Å². The topological polar surface area (TPSA) is 26.0 Å². The highest BCUT2D eigenvalue weighted by Gasteiger charge is 2.11. The van der Waals surface area contributed by atoms with Crippen molar-refractivity contribution in [2.45, 2.75) is 27.3 Å². The average Bonchev–Trinajstić information content (AvgIpc) is 2.63. The smallest absolute Gasteiger partial charge is 0.0192 e. The molecule has 0 bridgehead atoms. The maximum atomic E-state index is 5.80. The van der Waals surface area contributed by atoms with Crippen molar-refractivity contribution in [3.05, 3.63) is 45.1 Å². The van der Waals surface area contributed by atoms with Crippen LogP contribution in [0.25, 0.3) is 11.1 Å². The SMILES string of the molecule is Cc1ccc(C)c(-c2c(CN)csc2C)c1. The van der Waals surface area contributed by atoms with Gasteiger partial charge in [0.1, 0.15) is 0 Å². The first kappa shape index (κ1) is 11.4. The van der Waals surface area contributed by atoms with Crippen LogP contribution >= 0.6 is 11.3 Å².